The maximum atomic E-state index is 12.3. The molecule has 0 spiro atoms. The Morgan fingerprint density at radius 2 is 2.08 bits per heavy atom. The fraction of sp³-hybridized carbons (Fsp3) is 0.222. The normalized spacial score (nSPS) is 11.9. The Balaban J connectivity index is 1.60. The topological polar surface area (TPSA) is 63.3 Å². The van der Waals surface area contributed by atoms with Crippen LogP contribution in [0, 0.1) is 0 Å². The van der Waals surface area contributed by atoms with Crippen LogP contribution in [-0.4, -0.2) is 27.8 Å². The van der Waals surface area contributed by atoms with Crippen molar-refractivity contribution < 1.29 is 9.21 Å². The Bertz CT molecular complexity index is 764. The molecule has 0 aliphatic rings. The smallest absolute Gasteiger partial charge is 0.322 e. The van der Waals surface area contributed by atoms with Crippen molar-refractivity contribution in [2.75, 3.05) is 12.4 Å². The summed E-state index contributed by atoms with van der Waals surface area (Å²) in [5.74, 6) is 0.752. The number of hydrogen-bond acceptors (Lipinski definition) is 3. The average molecular weight is 324 g/mol. The quantitative estimate of drug-likeness (QED) is 0.777. The van der Waals surface area contributed by atoms with Gasteiger partial charge in [-0.3, -0.25) is 4.68 Å². The second kappa shape index (κ2) is 7.04. The number of hydrogen-bond donors (Lipinski definition) is 1. The Labute approximate surface area is 140 Å². The van der Waals surface area contributed by atoms with Crippen molar-refractivity contribution >= 4 is 11.7 Å². The summed E-state index contributed by atoms with van der Waals surface area (Å²) in [7, 11) is 1.74. The van der Waals surface area contributed by atoms with E-state index in [1.54, 1.807) is 24.4 Å². The summed E-state index contributed by atoms with van der Waals surface area (Å²) in [5.41, 5.74) is 1.87. The van der Waals surface area contributed by atoms with Crippen LogP contribution in [0.4, 0.5) is 10.5 Å². The predicted molar refractivity (Wildman–Crippen MR) is 91.7 cm³/mol. The molecule has 2 aromatic heterocycles. The number of furan rings is 1. The summed E-state index contributed by atoms with van der Waals surface area (Å²) in [6.07, 6.45) is 5.28. The number of urea groups is 1. The fourth-order valence-electron chi connectivity index (χ4n) is 2.38. The Morgan fingerprint density at radius 3 is 2.71 bits per heavy atom. The summed E-state index contributed by atoms with van der Waals surface area (Å²) in [6.45, 7) is 2.63. The zero-order chi connectivity index (χ0) is 16.9. The third kappa shape index (κ3) is 3.65. The number of nitrogens with zero attached hydrogens (tertiary/aromatic N) is 3. The first-order valence-corrected chi connectivity index (χ1v) is 7.77. The first kappa shape index (κ1) is 15.9. The van der Waals surface area contributed by atoms with Gasteiger partial charge in [-0.05, 0) is 42.8 Å². The van der Waals surface area contributed by atoms with Gasteiger partial charge in [-0.15, -0.1) is 0 Å². The van der Waals surface area contributed by atoms with Crippen molar-refractivity contribution in [3.8, 4) is 0 Å². The average Bonchev–Trinajstić information content (AvgIpc) is 3.28. The minimum absolute atomic E-state index is 0.140. The zero-order valence-corrected chi connectivity index (χ0v) is 13.7. The number of aromatic nitrogens is 2. The molecule has 1 unspecified atom stereocenters. The van der Waals surface area contributed by atoms with Crippen LogP contribution in [-0.2, 0) is 6.54 Å². The van der Waals surface area contributed by atoms with Crippen molar-refractivity contribution in [1.29, 1.82) is 0 Å². The largest absolute Gasteiger partial charge is 0.467 e. The Kier molecular flexibility index (Phi) is 4.65. The van der Waals surface area contributed by atoms with Crippen LogP contribution in [0.25, 0.3) is 0 Å². The van der Waals surface area contributed by atoms with E-state index < -0.39 is 0 Å². The molecular weight excluding hydrogens is 304 g/mol. The van der Waals surface area contributed by atoms with Crippen LogP contribution in [0.1, 0.15) is 24.3 Å². The summed E-state index contributed by atoms with van der Waals surface area (Å²) in [6, 6.07) is 13.0. The molecule has 0 saturated carbocycles. The lowest BCUT2D eigenvalue weighted by molar-refractivity contribution is 0.201. The number of amides is 2. The Hall–Kier alpha value is -3.02. The molecule has 2 heterocycles. The van der Waals surface area contributed by atoms with E-state index in [0.717, 1.165) is 17.0 Å². The van der Waals surface area contributed by atoms with Crippen molar-refractivity contribution in [3.05, 3.63) is 72.4 Å². The highest BCUT2D eigenvalue weighted by Gasteiger charge is 2.19. The lowest BCUT2D eigenvalue weighted by atomic mass is 10.2. The predicted octanol–water partition coefficient (Wildman–Crippen LogP) is 3.75. The van der Waals surface area contributed by atoms with Gasteiger partial charge in [0.2, 0.25) is 0 Å². The SMILES string of the molecule is CC(c1ccco1)N(C)C(=O)Nc1ccc(Cn2cccn2)cc1. The minimum atomic E-state index is -0.182. The van der Waals surface area contributed by atoms with Crippen molar-refractivity contribution in [1.82, 2.24) is 14.7 Å². The molecule has 0 radical (unpaired) electrons. The highest BCUT2D eigenvalue weighted by Crippen LogP contribution is 2.20. The third-order valence-corrected chi connectivity index (χ3v) is 3.97. The van der Waals surface area contributed by atoms with E-state index in [9.17, 15) is 4.79 Å². The van der Waals surface area contributed by atoms with Gasteiger partial charge in [0.05, 0.1) is 18.8 Å². The Morgan fingerprint density at radius 1 is 1.29 bits per heavy atom. The number of rotatable bonds is 5. The number of carbonyl (C=O) groups is 1. The van der Waals surface area contributed by atoms with Crippen LogP contribution in [0.2, 0.25) is 0 Å². The first-order chi connectivity index (χ1) is 11.6. The molecule has 3 aromatic rings. The lowest BCUT2D eigenvalue weighted by Crippen LogP contribution is -2.33. The van der Waals surface area contributed by atoms with E-state index >= 15 is 0 Å². The van der Waals surface area contributed by atoms with Crippen LogP contribution in [0.15, 0.2) is 65.5 Å². The van der Waals surface area contributed by atoms with E-state index in [4.69, 9.17) is 4.42 Å². The second-order valence-electron chi connectivity index (χ2n) is 5.63. The molecule has 24 heavy (non-hydrogen) atoms. The fourth-order valence-corrected chi connectivity index (χ4v) is 2.38. The molecule has 2 amide bonds. The van der Waals surface area contributed by atoms with Gasteiger partial charge in [-0.25, -0.2) is 4.79 Å². The van der Waals surface area contributed by atoms with E-state index in [0.29, 0.717) is 6.54 Å². The molecule has 0 saturated heterocycles. The molecule has 124 valence electrons. The van der Waals surface area contributed by atoms with Crippen LogP contribution >= 0.6 is 0 Å². The number of anilines is 1. The highest BCUT2D eigenvalue weighted by molar-refractivity contribution is 5.89. The van der Waals surface area contributed by atoms with Crippen molar-refractivity contribution in [2.45, 2.75) is 19.5 Å². The van der Waals surface area contributed by atoms with Gasteiger partial charge in [0.15, 0.2) is 0 Å². The molecule has 1 N–H and O–H groups in total. The first-order valence-electron chi connectivity index (χ1n) is 7.77. The van der Waals surface area contributed by atoms with E-state index in [2.05, 4.69) is 10.4 Å². The summed E-state index contributed by atoms with van der Waals surface area (Å²) in [5, 5.41) is 7.07. The van der Waals surface area contributed by atoms with Gasteiger partial charge in [0.25, 0.3) is 0 Å². The van der Waals surface area contributed by atoms with Crippen LogP contribution in [0.5, 0.6) is 0 Å². The highest BCUT2D eigenvalue weighted by atomic mass is 16.3. The number of nitrogens with one attached hydrogen (secondary N) is 1. The van der Waals surface area contributed by atoms with Crippen LogP contribution < -0.4 is 5.32 Å². The molecule has 0 aliphatic carbocycles. The molecular formula is C18H20N4O2. The third-order valence-electron chi connectivity index (χ3n) is 3.97. The van der Waals surface area contributed by atoms with Crippen molar-refractivity contribution in [2.24, 2.45) is 0 Å². The molecule has 6 heteroatoms. The summed E-state index contributed by atoms with van der Waals surface area (Å²) in [4.78, 5) is 14.0. The summed E-state index contributed by atoms with van der Waals surface area (Å²) >= 11 is 0. The minimum Gasteiger partial charge on any atom is -0.467 e. The maximum absolute atomic E-state index is 12.3. The van der Waals surface area contributed by atoms with E-state index in [1.165, 1.54) is 0 Å². The molecule has 1 atom stereocenters. The maximum Gasteiger partial charge on any atom is 0.322 e. The molecule has 3 rings (SSSR count). The van der Waals surface area contributed by atoms with Gasteiger partial charge in [-0.2, -0.15) is 5.10 Å². The molecule has 0 fully saturated rings. The summed E-state index contributed by atoms with van der Waals surface area (Å²) < 4.78 is 7.21. The van der Waals surface area contributed by atoms with E-state index in [-0.39, 0.29) is 12.1 Å². The molecule has 1 aromatic carbocycles. The molecule has 0 bridgehead atoms. The number of carbonyl (C=O) groups excluding carboxylic acids is 1. The monoisotopic (exact) mass is 324 g/mol. The molecule has 0 aliphatic heterocycles. The standard InChI is InChI=1S/C18H20N4O2/c1-14(17-5-3-12-24-17)21(2)18(23)20-16-8-6-15(7-9-16)13-22-11-4-10-19-22/h3-12,14H,13H2,1-2H3,(H,20,23). The van der Waals surface area contributed by atoms with Gasteiger partial charge < -0.3 is 14.6 Å². The van der Waals surface area contributed by atoms with Crippen LogP contribution in [0.3, 0.4) is 0 Å². The molecule has 6 nitrogen and oxygen atoms in total. The van der Waals surface area contributed by atoms with Gasteiger partial charge in [-0.1, -0.05) is 12.1 Å². The van der Waals surface area contributed by atoms with Gasteiger partial charge >= 0.3 is 6.03 Å². The van der Waals surface area contributed by atoms with Gasteiger partial charge in [0.1, 0.15) is 5.76 Å². The van der Waals surface area contributed by atoms with Gasteiger partial charge in [0, 0.05) is 25.1 Å². The second-order valence-corrected chi connectivity index (χ2v) is 5.63. The lowest BCUT2D eigenvalue weighted by Gasteiger charge is -2.23. The van der Waals surface area contributed by atoms with E-state index in [1.807, 2.05) is 60.3 Å². The van der Waals surface area contributed by atoms with Crippen molar-refractivity contribution in [3.63, 3.8) is 0 Å². The zero-order valence-electron chi connectivity index (χ0n) is 13.7. The number of benzene rings is 1.